The van der Waals surface area contributed by atoms with Crippen molar-refractivity contribution in [2.75, 3.05) is 34.3 Å². The molecule has 0 spiro atoms. The van der Waals surface area contributed by atoms with Crippen LogP contribution >= 0.6 is 0 Å². The van der Waals surface area contributed by atoms with Crippen LogP contribution in [0, 0.1) is 17.8 Å². The summed E-state index contributed by atoms with van der Waals surface area (Å²) in [6.45, 7) is 16.8. The van der Waals surface area contributed by atoms with Gasteiger partial charge in [0.2, 0.25) is 0 Å². The van der Waals surface area contributed by atoms with Crippen molar-refractivity contribution in [1.29, 1.82) is 0 Å². The second-order valence-electron chi connectivity index (χ2n) is 15.8. The number of methoxy groups -OCH3 is 1. The second-order valence-corrected chi connectivity index (χ2v) is 15.8. The average molecular weight is 691 g/mol. The van der Waals surface area contributed by atoms with Gasteiger partial charge in [-0.15, -0.1) is 0 Å². The number of likely N-dealkylation sites (N-methyl/N-ethyl adjacent to an activating group) is 1. The molecule has 0 saturated carbocycles. The Morgan fingerprint density at radius 2 is 1.62 bits per heavy atom. The lowest BCUT2D eigenvalue weighted by atomic mass is 9.77. The van der Waals surface area contributed by atoms with Gasteiger partial charge in [-0.1, -0.05) is 20.8 Å². The van der Waals surface area contributed by atoms with Crippen LogP contribution in [0.15, 0.2) is 0 Å². The first-order valence-electron chi connectivity index (χ1n) is 17.7. The molecule has 16 unspecified atom stereocenters. The van der Waals surface area contributed by atoms with Crippen molar-refractivity contribution >= 4 is 5.97 Å². The minimum Gasteiger partial charge on any atom is -0.459 e. The molecule has 0 radical (unpaired) electrons. The van der Waals surface area contributed by atoms with Crippen molar-refractivity contribution in [2.45, 2.75) is 166 Å². The number of nitrogens with one attached hydrogen (secondary N) is 1. The molecule has 0 aromatic carbocycles. The Bertz CT molecular complexity index is 1030. The fourth-order valence-electron chi connectivity index (χ4n) is 7.89. The van der Waals surface area contributed by atoms with E-state index in [1.807, 2.05) is 46.7 Å². The summed E-state index contributed by atoms with van der Waals surface area (Å²) in [5.41, 5.74) is -3.82. The second kappa shape index (κ2) is 16.6. The van der Waals surface area contributed by atoms with E-state index in [4.69, 9.17) is 28.4 Å². The Hall–Kier alpha value is -0.970. The van der Waals surface area contributed by atoms with Gasteiger partial charge in [0.1, 0.15) is 23.9 Å². The molecule has 0 aromatic rings. The molecule has 282 valence electrons. The molecule has 0 bridgehead atoms. The summed E-state index contributed by atoms with van der Waals surface area (Å²) in [6, 6.07) is -0.240. The molecule has 3 fully saturated rings. The fourth-order valence-corrected chi connectivity index (χ4v) is 7.89. The number of esters is 1. The molecule has 0 aromatic heterocycles. The fraction of sp³-hybridized carbons (Fsp3) is 0.971. The van der Waals surface area contributed by atoms with E-state index in [9.17, 15) is 25.2 Å². The van der Waals surface area contributed by atoms with Gasteiger partial charge in [-0.2, -0.15) is 0 Å². The quantitative estimate of drug-likeness (QED) is 0.246. The van der Waals surface area contributed by atoms with Gasteiger partial charge in [-0.25, -0.2) is 0 Å². The van der Waals surface area contributed by atoms with Crippen LogP contribution in [0.25, 0.3) is 0 Å². The zero-order valence-corrected chi connectivity index (χ0v) is 31.3. The molecule has 5 N–H and O–H groups in total. The Labute approximate surface area is 287 Å². The van der Waals surface area contributed by atoms with Gasteiger partial charge >= 0.3 is 5.97 Å². The summed E-state index contributed by atoms with van der Waals surface area (Å²) in [4.78, 5) is 15.9. The monoisotopic (exact) mass is 690 g/mol. The molecule has 0 amide bonds. The van der Waals surface area contributed by atoms with Crippen LogP contribution in [-0.4, -0.2) is 144 Å². The lowest BCUT2D eigenvalue weighted by molar-refractivity contribution is -0.318. The molecule has 3 saturated heterocycles. The number of aliphatic hydroxyl groups is 4. The summed E-state index contributed by atoms with van der Waals surface area (Å²) in [7, 11) is 5.31. The minimum atomic E-state index is -1.49. The first-order chi connectivity index (χ1) is 22.2. The first-order valence-corrected chi connectivity index (χ1v) is 17.7. The number of carbonyl (C=O) groups is 1. The van der Waals surface area contributed by atoms with Crippen LogP contribution in [0.3, 0.4) is 0 Å². The maximum absolute atomic E-state index is 13.9. The van der Waals surface area contributed by atoms with E-state index in [2.05, 4.69) is 5.32 Å². The minimum absolute atomic E-state index is 0.0615. The SMILES string of the molecule is CCC1OC(=O)C(C)C(OC2CC(C)(OC)C(O)C(C)O2)C(C)C(OC2OC(C)CC(N(C)C)C2O)C(C)(O)CC(C)CNCC1(C)O. The highest BCUT2D eigenvalue weighted by molar-refractivity contribution is 5.73. The van der Waals surface area contributed by atoms with E-state index < -0.39 is 83.8 Å². The molecule has 0 aliphatic carbocycles. The standard InChI is InChI=1S/C35H66N2O11/c1-13-25-34(8,42)18-36-17-19(2)15-33(7,41)30(48-32-27(38)24(37(10)11)14-20(3)44-32)21(4)28(22(5)31(40)46-25)47-26-16-35(9,43-12)29(39)23(6)45-26/h19-30,32,36,38-39,41-42H,13-18H2,1-12H3. The molecule has 48 heavy (non-hydrogen) atoms. The van der Waals surface area contributed by atoms with E-state index in [0.717, 1.165) is 0 Å². The number of ether oxygens (including phenoxy) is 6. The van der Waals surface area contributed by atoms with Gasteiger partial charge < -0.3 is 59.1 Å². The molecule has 3 rings (SSSR count). The van der Waals surface area contributed by atoms with Gasteiger partial charge in [0, 0.05) is 32.0 Å². The topological polar surface area (TPSA) is 169 Å². The number of rotatable bonds is 7. The molecular weight excluding hydrogens is 624 g/mol. The Morgan fingerprint density at radius 3 is 2.21 bits per heavy atom. The Kier molecular flexibility index (Phi) is 14.3. The smallest absolute Gasteiger partial charge is 0.311 e. The number of carbonyl (C=O) groups excluding carboxylic acids is 1. The van der Waals surface area contributed by atoms with Gasteiger partial charge in [0.15, 0.2) is 12.6 Å². The van der Waals surface area contributed by atoms with Crippen LogP contribution in [0.5, 0.6) is 0 Å². The lowest BCUT2D eigenvalue weighted by Gasteiger charge is -2.49. The van der Waals surface area contributed by atoms with E-state index in [-0.39, 0.29) is 31.0 Å². The summed E-state index contributed by atoms with van der Waals surface area (Å²) in [6.07, 6.45) is -5.99. The Balaban J connectivity index is 2.10. The predicted octanol–water partition coefficient (Wildman–Crippen LogP) is 1.81. The molecule has 3 heterocycles. The maximum Gasteiger partial charge on any atom is 0.311 e. The number of hydrogen-bond donors (Lipinski definition) is 5. The van der Waals surface area contributed by atoms with Crippen LogP contribution in [0.4, 0.5) is 0 Å². The van der Waals surface area contributed by atoms with Crippen molar-refractivity contribution in [2.24, 2.45) is 17.8 Å². The number of hydrogen-bond acceptors (Lipinski definition) is 13. The lowest BCUT2D eigenvalue weighted by Crippen LogP contribution is -2.60. The molecule has 16 atom stereocenters. The molecule has 3 aliphatic heterocycles. The van der Waals surface area contributed by atoms with Crippen molar-refractivity contribution in [3.8, 4) is 0 Å². The van der Waals surface area contributed by atoms with Crippen molar-refractivity contribution < 1.29 is 53.6 Å². The summed E-state index contributed by atoms with van der Waals surface area (Å²) < 4.78 is 37.3. The van der Waals surface area contributed by atoms with Crippen LogP contribution in [0.2, 0.25) is 0 Å². The third kappa shape index (κ3) is 9.67. The third-order valence-corrected chi connectivity index (χ3v) is 10.9. The Morgan fingerprint density at radius 1 is 0.979 bits per heavy atom. The van der Waals surface area contributed by atoms with E-state index in [1.165, 1.54) is 7.11 Å². The molecule has 13 nitrogen and oxygen atoms in total. The third-order valence-electron chi connectivity index (χ3n) is 10.9. The number of β-amino-alcohol motifs (C(OH)–C–C–N with tert-alkyl or cyclic N) is 1. The number of nitrogens with zero attached hydrogens (tertiary/aromatic N) is 1. The van der Waals surface area contributed by atoms with E-state index in [1.54, 1.807) is 34.6 Å². The highest BCUT2D eigenvalue weighted by atomic mass is 16.7. The highest BCUT2D eigenvalue weighted by Crippen LogP contribution is 2.39. The summed E-state index contributed by atoms with van der Waals surface area (Å²) >= 11 is 0. The zero-order valence-electron chi connectivity index (χ0n) is 31.3. The maximum atomic E-state index is 13.9. The zero-order chi connectivity index (χ0) is 36.4. The van der Waals surface area contributed by atoms with E-state index in [0.29, 0.717) is 25.8 Å². The summed E-state index contributed by atoms with van der Waals surface area (Å²) in [5.74, 6) is -2.24. The summed E-state index contributed by atoms with van der Waals surface area (Å²) in [5, 5.41) is 49.2. The van der Waals surface area contributed by atoms with Crippen LogP contribution in [-0.2, 0) is 33.2 Å². The van der Waals surface area contributed by atoms with Crippen molar-refractivity contribution in [3.63, 3.8) is 0 Å². The molecular formula is C35H66N2O11. The predicted molar refractivity (Wildman–Crippen MR) is 179 cm³/mol. The van der Waals surface area contributed by atoms with Gasteiger partial charge in [0.25, 0.3) is 0 Å². The first kappa shape index (κ1) is 41.5. The van der Waals surface area contributed by atoms with Crippen molar-refractivity contribution in [1.82, 2.24) is 10.2 Å². The van der Waals surface area contributed by atoms with Gasteiger partial charge in [-0.05, 0) is 87.4 Å². The van der Waals surface area contributed by atoms with E-state index >= 15 is 0 Å². The molecule has 3 aliphatic rings. The number of cyclic esters (lactones) is 1. The highest BCUT2D eigenvalue weighted by Gasteiger charge is 2.51. The van der Waals surface area contributed by atoms with Crippen molar-refractivity contribution in [3.05, 3.63) is 0 Å². The van der Waals surface area contributed by atoms with Gasteiger partial charge in [-0.3, -0.25) is 4.79 Å². The van der Waals surface area contributed by atoms with Crippen LogP contribution < -0.4 is 5.32 Å². The van der Waals surface area contributed by atoms with Crippen LogP contribution in [0.1, 0.15) is 88.0 Å². The molecule has 13 heteroatoms. The van der Waals surface area contributed by atoms with Gasteiger partial charge in [0.05, 0.1) is 41.5 Å². The average Bonchev–Trinajstić information content (AvgIpc) is 2.99. The normalized spacial score (nSPS) is 48.9. The number of aliphatic hydroxyl groups excluding tert-OH is 2. The largest absolute Gasteiger partial charge is 0.459 e.